The predicted molar refractivity (Wildman–Crippen MR) is 76.3 cm³/mol. The molecule has 0 saturated heterocycles. The molecule has 18 heavy (non-hydrogen) atoms. The topological polar surface area (TPSA) is 57.8 Å². The molecule has 0 spiro atoms. The van der Waals surface area contributed by atoms with Gasteiger partial charge in [-0.25, -0.2) is 4.98 Å². The summed E-state index contributed by atoms with van der Waals surface area (Å²) < 4.78 is 0. The molecule has 2 heterocycles. The second-order valence-electron chi connectivity index (χ2n) is 5.58. The number of aryl methyl sites for hydroxylation is 2. The van der Waals surface area contributed by atoms with Gasteiger partial charge in [0.1, 0.15) is 10.7 Å². The van der Waals surface area contributed by atoms with E-state index in [4.69, 9.17) is 0 Å². The Morgan fingerprint density at radius 1 is 1.33 bits per heavy atom. The number of rotatable bonds is 2. The Kier molecular flexibility index (Phi) is 3.29. The van der Waals surface area contributed by atoms with Crippen LogP contribution in [0.25, 0.3) is 10.2 Å². The minimum Gasteiger partial charge on any atom is -0.309 e. The number of thiophene rings is 1. The van der Waals surface area contributed by atoms with E-state index in [0.29, 0.717) is 12.4 Å². The lowest BCUT2D eigenvalue weighted by Gasteiger charge is -2.19. The molecule has 0 aromatic carbocycles. The molecule has 4 nitrogen and oxygen atoms in total. The van der Waals surface area contributed by atoms with E-state index in [1.54, 1.807) is 11.3 Å². The predicted octanol–water partition coefficient (Wildman–Crippen LogP) is 2.49. The van der Waals surface area contributed by atoms with Crippen molar-refractivity contribution in [3.63, 3.8) is 0 Å². The first-order chi connectivity index (χ1) is 8.28. The van der Waals surface area contributed by atoms with Crippen molar-refractivity contribution in [2.24, 2.45) is 0 Å². The van der Waals surface area contributed by atoms with Crippen LogP contribution in [0.5, 0.6) is 0 Å². The fourth-order valence-electron chi connectivity index (χ4n) is 1.73. The molecule has 98 valence electrons. The molecule has 0 aliphatic rings. The third-order valence-electron chi connectivity index (χ3n) is 2.87. The van der Waals surface area contributed by atoms with Crippen LogP contribution in [0.1, 0.15) is 37.0 Å². The maximum absolute atomic E-state index is 12.0. The van der Waals surface area contributed by atoms with E-state index in [-0.39, 0.29) is 11.1 Å². The Hall–Kier alpha value is -1.20. The van der Waals surface area contributed by atoms with Crippen molar-refractivity contribution >= 4 is 21.6 Å². The Balaban J connectivity index is 2.41. The molecule has 2 N–H and O–H groups in total. The Labute approximate surface area is 110 Å². The molecule has 0 saturated carbocycles. The van der Waals surface area contributed by atoms with Gasteiger partial charge in [-0.3, -0.25) is 4.79 Å². The molecule has 2 aromatic heterocycles. The minimum absolute atomic E-state index is 0.00874. The van der Waals surface area contributed by atoms with Gasteiger partial charge in [-0.1, -0.05) is 0 Å². The van der Waals surface area contributed by atoms with Crippen molar-refractivity contribution in [3.05, 3.63) is 26.6 Å². The first-order valence-corrected chi connectivity index (χ1v) is 6.83. The highest BCUT2D eigenvalue weighted by Crippen LogP contribution is 2.25. The van der Waals surface area contributed by atoms with E-state index in [9.17, 15) is 4.79 Å². The zero-order valence-corrected chi connectivity index (χ0v) is 12.3. The summed E-state index contributed by atoms with van der Waals surface area (Å²) in [6.45, 7) is 10.8. The summed E-state index contributed by atoms with van der Waals surface area (Å²) in [4.78, 5) is 21.4. The van der Waals surface area contributed by atoms with Gasteiger partial charge in [-0.15, -0.1) is 11.3 Å². The number of aromatic amines is 1. The molecule has 0 aliphatic heterocycles. The lowest BCUT2D eigenvalue weighted by Crippen LogP contribution is -2.36. The van der Waals surface area contributed by atoms with Crippen LogP contribution in [-0.2, 0) is 6.54 Å². The van der Waals surface area contributed by atoms with Gasteiger partial charge in [0.05, 0.1) is 11.9 Å². The fraction of sp³-hybridized carbons (Fsp3) is 0.538. The quantitative estimate of drug-likeness (QED) is 0.877. The average Bonchev–Trinajstić information content (AvgIpc) is 2.51. The third-order valence-corrected chi connectivity index (χ3v) is 3.98. The van der Waals surface area contributed by atoms with Crippen molar-refractivity contribution < 1.29 is 0 Å². The number of nitrogens with zero attached hydrogens (tertiary/aromatic N) is 1. The Morgan fingerprint density at radius 2 is 2.00 bits per heavy atom. The highest BCUT2D eigenvalue weighted by atomic mass is 32.1. The van der Waals surface area contributed by atoms with Gasteiger partial charge in [-0.2, -0.15) is 0 Å². The van der Waals surface area contributed by atoms with Gasteiger partial charge in [0.2, 0.25) is 0 Å². The lowest BCUT2D eigenvalue weighted by molar-refractivity contribution is 0.418. The van der Waals surface area contributed by atoms with E-state index in [0.717, 1.165) is 20.7 Å². The highest BCUT2D eigenvalue weighted by Gasteiger charge is 2.13. The summed E-state index contributed by atoms with van der Waals surface area (Å²) in [5.41, 5.74) is 1.01. The summed E-state index contributed by atoms with van der Waals surface area (Å²) in [5.74, 6) is 0.698. The molecule has 0 bridgehead atoms. The summed E-state index contributed by atoms with van der Waals surface area (Å²) in [5, 5.41) is 4.06. The van der Waals surface area contributed by atoms with Crippen LogP contribution in [0.3, 0.4) is 0 Å². The van der Waals surface area contributed by atoms with Crippen LogP contribution in [0.2, 0.25) is 0 Å². The lowest BCUT2D eigenvalue weighted by atomic mass is 10.1. The van der Waals surface area contributed by atoms with E-state index in [1.165, 1.54) is 0 Å². The number of nitrogens with one attached hydrogen (secondary N) is 2. The van der Waals surface area contributed by atoms with Gasteiger partial charge in [0.25, 0.3) is 5.56 Å². The molecule has 0 radical (unpaired) electrons. The normalized spacial score (nSPS) is 12.3. The van der Waals surface area contributed by atoms with E-state index in [1.807, 2.05) is 13.8 Å². The summed E-state index contributed by atoms with van der Waals surface area (Å²) in [6, 6.07) is 0. The van der Waals surface area contributed by atoms with E-state index in [2.05, 4.69) is 36.1 Å². The second-order valence-corrected chi connectivity index (χ2v) is 6.78. The highest BCUT2D eigenvalue weighted by molar-refractivity contribution is 7.18. The Bertz CT molecular complexity index is 634. The Morgan fingerprint density at radius 3 is 2.61 bits per heavy atom. The molecule has 2 rings (SSSR count). The van der Waals surface area contributed by atoms with Crippen LogP contribution in [0.15, 0.2) is 4.79 Å². The van der Waals surface area contributed by atoms with Gasteiger partial charge < -0.3 is 10.3 Å². The number of hydrogen-bond donors (Lipinski definition) is 2. The van der Waals surface area contributed by atoms with Crippen LogP contribution in [0.4, 0.5) is 0 Å². The number of hydrogen-bond acceptors (Lipinski definition) is 4. The van der Waals surface area contributed by atoms with Crippen molar-refractivity contribution in [2.45, 2.75) is 46.7 Å². The summed E-state index contributed by atoms with van der Waals surface area (Å²) in [7, 11) is 0. The third kappa shape index (κ3) is 2.62. The van der Waals surface area contributed by atoms with Crippen LogP contribution < -0.4 is 10.9 Å². The number of fused-ring (bicyclic) bond motifs is 1. The van der Waals surface area contributed by atoms with Crippen molar-refractivity contribution in [3.8, 4) is 0 Å². The molecule has 0 amide bonds. The zero-order valence-electron chi connectivity index (χ0n) is 11.5. The summed E-state index contributed by atoms with van der Waals surface area (Å²) >= 11 is 1.58. The molecule has 0 atom stereocenters. The molecule has 0 aliphatic carbocycles. The molecular formula is C13H19N3OS. The molecule has 2 aromatic rings. The van der Waals surface area contributed by atoms with Gasteiger partial charge in [0, 0.05) is 10.4 Å². The van der Waals surface area contributed by atoms with Crippen molar-refractivity contribution in [1.82, 2.24) is 15.3 Å². The average molecular weight is 265 g/mol. The zero-order chi connectivity index (χ0) is 13.5. The fourth-order valence-corrected chi connectivity index (χ4v) is 2.78. The molecule has 5 heteroatoms. The smallest absolute Gasteiger partial charge is 0.259 e. The maximum Gasteiger partial charge on any atom is 0.259 e. The van der Waals surface area contributed by atoms with E-state index < -0.39 is 0 Å². The largest absolute Gasteiger partial charge is 0.309 e. The first-order valence-electron chi connectivity index (χ1n) is 6.02. The number of aromatic nitrogens is 2. The molecule has 0 unspecified atom stereocenters. The molecular weight excluding hydrogens is 246 g/mol. The standard InChI is InChI=1S/C13H19N3OS/c1-7-8(2)18-12-10(7)11(17)15-9(16-12)6-14-13(3,4)5/h14H,6H2,1-5H3,(H,15,16,17). The second kappa shape index (κ2) is 4.48. The monoisotopic (exact) mass is 265 g/mol. The van der Waals surface area contributed by atoms with Gasteiger partial charge in [-0.05, 0) is 40.2 Å². The molecule has 0 fully saturated rings. The maximum atomic E-state index is 12.0. The first kappa shape index (κ1) is 13.2. The van der Waals surface area contributed by atoms with Crippen molar-refractivity contribution in [2.75, 3.05) is 0 Å². The SMILES string of the molecule is Cc1sc2nc(CNC(C)(C)C)[nH]c(=O)c2c1C. The van der Waals surface area contributed by atoms with Crippen LogP contribution >= 0.6 is 11.3 Å². The van der Waals surface area contributed by atoms with Crippen molar-refractivity contribution in [1.29, 1.82) is 0 Å². The van der Waals surface area contributed by atoms with Gasteiger partial charge >= 0.3 is 0 Å². The van der Waals surface area contributed by atoms with Crippen LogP contribution in [0, 0.1) is 13.8 Å². The van der Waals surface area contributed by atoms with Crippen LogP contribution in [-0.4, -0.2) is 15.5 Å². The summed E-state index contributed by atoms with van der Waals surface area (Å²) in [6.07, 6.45) is 0. The minimum atomic E-state index is -0.0347. The number of H-pyrrole nitrogens is 1. The van der Waals surface area contributed by atoms with E-state index >= 15 is 0 Å². The van der Waals surface area contributed by atoms with Gasteiger partial charge in [0.15, 0.2) is 0 Å².